The topological polar surface area (TPSA) is 20.2 Å². The van der Waals surface area contributed by atoms with Gasteiger partial charge in [0.2, 0.25) is 0 Å². The molecule has 0 rings (SSSR count). The van der Waals surface area contributed by atoms with E-state index in [1.807, 2.05) is 0 Å². The van der Waals surface area contributed by atoms with Gasteiger partial charge in [-0.3, -0.25) is 0 Å². The van der Waals surface area contributed by atoms with Crippen molar-refractivity contribution in [3.05, 3.63) is 198 Å². The summed E-state index contributed by atoms with van der Waals surface area (Å²) in [4.78, 5) is 0. The van der Waals surface area contributed by atoms with Crippen molar-refractivity contribution in [2.75, 3.05) is 6.61 Å². The summed E-state index contributed by atoms with van der Waals surface area (Å²) in [5.41, 5.74) is 25.8. The van der Waals surface area contributed by atoms with Crippen LogP contribution in [0.15, 0.2) is 198 Å². The zero-order valence-corrected chi connectivity index (χ0v) is 63.8. The molecule has 0 radical (unpaired) electrons. The first-order valence-corrected chi connectivity index (χ1v) is 37.2. The molecule has 0 bridgehead atoms. The first-order valence-electron chi connectivity index (χ1n) is 37.2. The number of hydrogen-bond donors (Lipinski definition) is 1. The Morgan fingerprint density at radius 3 is 0.429 bits per heavy atom. The largest absolute Gasteiger partial charge is 0.396 e. The van der Waals surface area contributed by atoms with E-state index in [0.717, 1.165) is 116 Å². The maximum Gasteiger partial charge on any atom is 0.0433 e. The van der Waals surface area contributed by atoms with Gasteiger partial charge in [-0.15, -0.1) is 0 Å². The number of allylic oxidation sites excluding steroid dienone is 34. The predicted octanol–water partition coefficient (Wildman–Crippen LogP) is 30.4. The SMILES string of the molecule is CC(C)=CCC/C(C)=C/CC/C(C)=C/CC/C(C)=C/CC/C(C)=C/CC/C(C)=C/CC/C(C)=C/CC/C(C)=C/CC/C(C)=C\CC/C(C)=C/CC/C(C)=C/CC/C(C)=C/CC/C(C)=C/CC/C(C)=C/CC/C(C)=C/CC/C(C)=C/CC/C(C)=C/CCC(C)CCO. The number of rotatable bonds is 53. The maximum absolute atomic E-state index is 9.11. The highest BCUT2D eigenvalue weighted by Gasteiger charge is 2.03. The van der Waals surface area contributed by atoms with E-state index in [9.17, 15) is 0 Å². The van der Waals surface area contributed by atoms with E-state index in [0.29, 0.717) is 12.5 Å². The monoisotopic (exact) mass is 1250 g/mol. The van der Waals surface area contributed by atoms with E-state index in [-0.39, 0.29) is 0 Å². The van der Waals surface area contributed by atoms with Gasteiger partial charge in [-0.1, -0.05) is 205 Å². The lowest BCUT2D eigenvalue weighted by molar-refractivity contribution is 0.259. The van der Waals surface area contributed by atoms with Crippen LogP contribution in [0.2, 0.25) is 0 Å². The second-order valence-electron chi connectivity index (χ2n) is 28.9. The summed E-state index contributed by atoms with van der Waals surface area (Å²) >= 11 is 0. The molecule has 0 amide bonds. The molecule has 0 saturated carbocycles. The molecular weight excluding hydrogens is 1100 g/mol. The van der Waals surface area contributed by atoms with Gasteiger partial charge in [-0.2, -0.15) is 0 Å². The lowest BCUT2D eigenvalue weighted by Gasteiger charge is -2.07. The van der Waals surface area contributed by atoms with Crippen molar-refractivity contribution in [1.82, 2.24) is 0 Å². The third-order valence-corrected chi connectivity index (χ3v) is 18.3. The summed E-state index contributed by atoms with van der Waals surface area (Å²) in [7, 11) is 0. The predicted molar refractivity (Wildman–Crippen MR) is 417 cm³/mol. The van der Waals surface area contributed by atoms with Crippen molar-refractivity contribution in [3.63, 3.8) is 0 Å². The Balaban J connectivity index is 4.34. The fourth-order valence-corrected chi connectivity index (χ4v) is 11.4. The Bertz CT molecular complexity index is 2510. The quantitative estimate of drug-likeness (QED) is 0.0602. The number of aliphatic hydroxyl groups excluding tert-OH is 1. The molecule has 0 saturated heterocycles. The van der Waals surface area contributed by atoms with E-state index < -0.39 is 0 Å². The molecule has 1 heteroatoms. The number of aliphatic hydroxyl groups is 1. The highest BCUT2D eigenvalue weighted by Crippen LogP contribution is 2.22. The molecule has 0 spiro atoms. The van der Waals surface area contributed by atoms with Gasteiger partial charge in [0, 0.05) is 6.61 Å². The van der Waals surface area contributed by atoms with Crippen LogP contribution in [-0.4, -0.2) is 11.7 Å². The Morgan fingerprint density at radius 1 is 0.187 bits per heavy atom. The molecule has 0 aromatic heterocycles. The van der Waals surface area contributed by atoms with Gasteiger partial charge >= 0.3 is 0 Å². The van der Waals surface area contributed by atoms with E-state index in [1.165, 1.54) is 204 Å². The Morgan fingerprint density at radius 2 is 0.308 bits per heavy atom. The second-order valence-corrected chi connectivity index (χ2v) is 28.9. The second kappa shape index (κ2) is 58.1. The first-order chi connectivity index (χ1) is 43.5. The van der Waals surface area contributed by atoms with Gasteiger partial charge in [0.25, 0.3) is 0 Å². The van der Waals surface area contributed by atoms with Gasteiger partial charge in [0.15, 0.2) is 0 Å². The van der Waals surface area contributed by atoms with E-state index >= 15 is 0 Å². The zero-order valence-electron chi connectivity index (χ0n) is 63.8. The average Bonchev–Trinajstić information content (AvgIpc) is 3.47. The molecule has 0 aliphatic rings. The third-order valence-electron chi connectivity index (χ3n) is 18.3. The van der Waals surface area contributed by atoms with Gasteiger partial charge in [-0.25, -0.2) is 0 Å². The molecular formula is C90H148O. The summed E-state index contributed by atoms with van der Waals surface area (Å²) in [6, 6.07) is 0. The van der Waals surface area contributed by atoms with Gasteiger partial charge in [0.05, 0.1) is 0 Å². The highest BCUT2D eigenvalue weighted by atomic mass is 16.3. The third kappa shape index (κ3) is 59.1. The van der Waals surface area contributed by atoms with Gasteiger partial charge < -0.3 is 5.11 Å². The molecule has 0 aliphatic heterocycles. The fraction of sp³-hybridized carbons (Fsp3) is 0.622. The summed E-state index contributed by atoms with van der Waals surface area (Å²) in [6.45, 7) is 43.9. The van der Waals surface area contributed by atoms with Gasteiger partial charge in [0.1, 0.15) is 0 Å². The van der Waals surface area contributed by atoms with Gasteiger partial charge in [-0.05, 0) is 355 Å². The Labute approximate surface area is 568 Å². The minimum atomic E-state index is 0.309. The van der Waals surface area contributed by atoms with Crippen molar-refractivity contribution in [3.8, 4) is 0 Å². The molecule has 0 aromatic carbocycles. The van der Waals surface area contributed by atoms with Crippen molar-refractivity contribution < 1.29 is 5.11 Å². The van der Waals surface area contributed by atoms with Crippen molar-refractivity contribution >= 4 is 0 Å². The van der Waals surface area contributed by atoms with Crippen LogP contribution in [0, 0.1) is 5.92 Å². The van der Waals surface area contributed by atoms with Crippen LogP contribution < -0.4 is 0 Å². The lowest BCUT2D eigenvalue weighted by atomic mass is 10.0. The summed E-state index contributed by atoms with van der Waals surface area (Å²) in [6.07, 6.45) is 82.2. The van der Waals surface area contributed by atoms with Crippen LogP contribution in [0.5, 0.6) is 0 Å². The molecule has 0 fully saturated rings. The molecule has 0 aliphatic carbocycles. The molecule has 1 N–H and O–H groups in total. The Kier molecular flexibility index (Phi) is 55.3. The first kappa shape index (κ1) is 86.5. The smallest absolute Gasteiger partial charge is 0.0433 e. The molecule has 1 unspecified atom stereocenters. The molecule has 0 aromatic rings. The van der Waals surface area contributed by atoms with Crippen molar-refractivity contribution in [1.29, 1.82) is 0 Å². The highest BCUT2D eigenvalue weighted by molar-refractivity contribution is 5.14. The van der Waals surface area contributed by atoms with Crippen LogP contribution in [0.3, 0.4) is 0 Å². The van der Waals surface area contributed by atoms with Crippen molar-refractivity contribution in [2.45, 2.75) is 356 Å². The Hall–Kier alpha value is -4.46. The fourth-order valence-electron chi connectivity index (χ4n) is 11.4. The summed E-state index contributed by atoms with van der Waals surface area (Å²) in [5.74, 6) is 0.611. The van der Waals surface area contributed by atoms with Crippen LogP contribution in [0.1, 0.15) is 356 Å². The molecule has 91 heavy (non-hydrogen) atoms. The van der Waals surface area contributed by atoms with Crippen LogP contribution in [0.4, 0.5) is 0 Å². The standard InChI is InChI=1S/C90H148O/c1-73(2)37-20-38-74(3)39-21-40-75(4)41-22-42-76(5)43-23-44-77(6)45-24-46-78(7)47-25-48-79(8)49-26-50-80(9)51-27-52-81(10)53-28-54-82(11)55-29-56-83(12)57-30-58-84(13)59-31-60-85(14)61-32-62-86(15)63-33-64-87(16)65-34-66-88(17)67-35-68-89(18)69-36-70-90(19)71-72-91/h37,39,41,43,45,47,49,51,53,55,57,59,61,63,65,67,69,90-91H,20-36,38,40,42,44,46,48,50,52,54,56,58,60,62,64,66,68,70-72H2,1-19H3/b74-39+,75-41+,76-43+,77-45+,78-47+,79-49+,80-51+,81-53-,82-55+,83-57+,84-59+,85-61+,86-63+,87-65+,88-67+,89-69+. The van der Waals surface area contributed by atoms with E-state index in [2.05, 4.69) is 235 Å². The molecule has 514 valence electrons. The minimum Gasteiger partial charge on any atom is -0.396 e. The van der Waals surface area contributed by atoms with Crippen molar-refractivity contribution in [2.24, 2.45) is 5.92 Å². The van der Waals surface area contributed by atoms with Crippen LogP contribution in [-0.2, 0) is 0 Å². The molecule has 1 nitrogen and oxygen atoms in total. The minimum absolute atomic E-state index is 0.309. The zero-order chi connectivity index (χ0) is 67.9. The maximum atomic E-state index is 9.11. The molecule has 1 atom stereocenters. The molecule has 0 heterocycles. The lowest BCUT2D eigenvalue weighted by Crippen LogP contribution is -1.97. The normalized spacial score (nSPS) is 15.4. The summed E-state index contributed by atoms with van der Waals surface area (Å²) < 4.78 is 0. The summed E-state index contributed by atoms with van der Waals surface area (Å²) in [5, 5.41) is 9.11. The average molecular weight is 1250 g/mol. The van der Waals surface area contributed by atoms with E-state index in [1.54, 1.807) is 0 Å². The number of hydrogen-bond acceptors (Lipinski definition) is 1. The van der Waals surface area contributed by atoms with Crippen LogP contribution in [0.25, 0.3) is 0 Å². The van der Waals surface area contributed by atoms with Crippen LogP contribution >= 0.6 is 0 Å². The van der Waals surface area contributed by atoms with E-state index in [4.69, 9.17) is 5.11 Å².